The second kappa shape index (κ2) is 6.32. The van der Waals surface area contributed by atoms with E-state index < -0.39 is 5.91 Å². The number of nitrogens with one attached hydrogen (secondary N) is 1. The third-order valence-corrected chi connectivity index (χ3v) is 4.21. The van der Waals surface area contributed by atoms with Crippen LogP contribution in [-0.2, 0) is 18.3 Å². The predicted molar refractivity (Wildman–Crippen MR) is 90.8 cm³/mol. The quantitative estimate of drug-likeness (QED) is 0.741. The zero-order valence-corrected chi connectivity index (χ0v) is 14.0. The van der Waals surface area contributed by atoms with Gasteiger partial charge in [0.2, 0.25) is 11.8 Å². The standard InChI is InChI=1S/C16H16N4O3S/c1-9-12(19-16(23-9)10-3-4-24-8-10)6-14(21)18-11-5-13(15(17)22)20(2)7-11/h3-5,7-8H,6H2,1-2H3,(H2,17,22)(H,18,21). The summed E-state index contributed by atoms with van der Waals surface area (Å²) in [6, 6.07) is 3.45. The van der Waals surface area contributed by atoms with Gasteiger partial charge in [-0.05, 0) is 24.4 Å². The first-order chi connectivity index (χ1) is 11.4. The molecule has 0 aliphatic rings. The summed E-state index contributed by atoms with van der Waals surface area (Å²) < 4.78 is 7.18. The number of hydrogen-bond donors (Lipinski definition) is 2. The van der Waals surface area contributed by atoms with Crippen LogP contribution in [0.3, 0.4) is 0 Å². The van der Waals surface area contributed by atoms with E-state index >= 15 is 0 Å². The van der Waals surface area contributed by atoms with Crippen LogP contribution in [-0.4, -0.2) is 21.4 Å². The molecule has 3 aromatic rings. The van der Waals surface area contributed by atoms with Gasteiger partial charge in [-0.25, -0.2) is 4.98 Å². The molecule has 3 heterocycles. The Hall–Kier alpha value is -2.87. The minimum Gasteiger partial charge on any atom is -0.441 e. The van der Waals surface area contributed by atoms with Crippen molar-refractivity contribution in [2.45, 2.75) is 13.3 Å². The van der Waals surface area contributed by atoms with Crippen molar-refractivity contribution in [2.75, 3.05) is 5.32 Å². The molecule has 0 atom stereocenters. The van der Waals surface area contributed by atoms with Crippen molar-refractivity contribution in [2.24, 2.45) is 12.8 Å². The number of nitrogens with two attached hydrogens (primary N) is 1. The van der Waals surface area contributed by atoms with Gasteiger partial charge in [0.15, 0.2) is 0 Å². The molecule has 3 N–H and O–H groups in total. The second-order valence-corrected chi connectivity index (χ2v) is 6.13. The molecule has 0 radical (unpaired) electrons. The fourth-order valence-corrected chi connectivity index (χ4v) is 2.97. The third kappa shape index (κ3) is 3.23. The Kier molecular flexibility index (Phi) is 4.22. The van der Waals surface area contributed by atoms with Crippen LogP contribution in [0.1, 0.15) is 21.9 Å². The topological polar surface area (TPSA) is 103 Å². The van der Waals surface area contributed by atoms with Crippen molar-refractivity contribution in [3.63, 3.8) is 0 Å². The molecule has 124 valence electrons. The molecule has 7 nitrogen and oxygen atoms in total. The van der Waals surface area contributed by atoms with Gasteiger partial charge in [0, 0.05) is 24.2 Å². The second-order valence-electron chi connectivity index (χ2n) is 5.35. The van der Waals surface area contributed by atoms with Crippen LogP contribution in [0.2, 0.25) is 0 Å². The third-order valence-electron chi connectivity index (χ3n) is 3.53. The maximum Gasteiger partial charge on any atom is 0.265 e. The van der Waals surface area contributed by atoms with E-state index in [1.807, 2.05) is 16.8 Å². The number of aromatic nitrogens is 2. The van der Waals surface area contributed by atoms with Crippen LogP contribution in [0.15, 0.2) is 33.5 Å². The molecular formula is C16H16N4O3S. The summed E-state index contributed by atoms with van der Waals surface area (Å²) in [6.07, 6.45) is 1.71. The fourth-order valence-electron chi connectivity index (χ4n) is 2.34. The zero-order valence-electron chi connectivity index (χ0n) is 13.2. The molecule has 0 aromatic carbocycles. The summed E-state index contributed by atoms with van der Waals surface area (Å²) in [6.45, 7) is 1.78. The first kappa shape index (κ1) is 16.0. The zero-order chi connectivity index (χ0) is 17.3. The molecule has 8 heteroatoms. The summed E-state index contributed by atoms with van der Waals surface area (Å²) in [7, 11) is 1.69. The highest BCUT2D eigenvalue weighted by molar-refractivity contribution is 7.08. The Labute approximate surface area is 142 Å². The highest BCUT2D eigenvalue weighted by Crippen LogP contribution is 2.24. The number of thiophene rings is 1. The molecule has 0 fully saturated rings. The van der Waals surface area contributed by atoms with Crippen LogP contribution in [0, 0.1) is 6.92 Å². The molecule has 0 aliphatic heterocycles. The Morgan fingerprint density at radius 2 is 2.25 bits per heavy atom. The van der Waals surface area contributed by atoms with E-state index in [4.69, 9.17) is 10.2 Å². The first-order valence-corrected chi connectivity index (χ1v) is 8.13. The largest absolute Gasteiger partial charge is 0.441 e. The summed E-state index contributed by atoms with van der Waals surface area (Å²) in [5.74, 6) is 0.320. The summed E-state index contributed by atoms with van der Waals surface area (Å²) in [4.78, 5) is 27.8. The van der Waals surface area contributed by atoms with E-state index in [1.165, 1.54) is 6.07 Å². The maximum atomic E-state index is 12.2. The molecule has 2 amide bonds. The van der Waals surface area contributed by atoms with Crippen LogP contribution in [0.4, 0.5) is 5.69 Å². The number of amides is 2. The number of primary amides is 1. The summed E-state index contributed by atoms with van der Waals surface area (Å²) >= 11 is 1.55. The molecule has 3 rings (SSSR count). The highest BCUT2D eigenvalue weighted by Gasteiger charge is 2.16. The minimum atomic E-state index is -0.550. The van der Waals surface area contributed by atoms with Gasteiger partial charge in [0.25, 0.3) is 5.91 Å². The van der Waals surface area contributed by atoms with E-state index in [-0.39, 0.29) is 12.3 Å². The van der Waals surface area contributed by atoms with E-state index in [1.54, 1.807) is 36.1 Å². The number of nitrogens with zero attached hydrogens (tertiary/aromatic N) is 2. The van der Waals surface area contributed by atoms with Crippen molar-refractivity contribution in [3.05, 3.63) is 46.2 Å². The van der Waals surface area contributed by atoms with Gasteiger partial charge < -0.3 is 20.0 Å². The van der Waals surface area contributed by atoms with Gasteiger partial charge in [0.05, 0.1) is 17.8 Å². The normalized spacial score (nSPS) is 10.8. The van der Waals surface area contributed by atoms with Crippen molar-refractivity contribution < 1.29 is 14.0 Å². The molecule has 3 aromatic heterocycles. The fraction of sp³-hybridized carbons (Fsp3) is 0.188. The lowest BCUT2D eigenvalue weighted by molar-refractivity contribution is -0.115. The SMILES string of the molecule is Cc1oc(-c2ccsc2)nc1CC(=O)Nc1cc(C(N)=O)n(C)c1. The van der Waals surface area contributed by atoms with E-state index in [2.05, 4.69) is 10.3 Å². The summed E-state index contributed by atoms with van der Waals surface area (Å²) in [5, 5.41) is 6.60. The van der Waals surface area contributed by atoms with E-state index in [0.717, 1.165) is 5.56 Å². The van der Waals surface area contributed by atoms with Crippen molar-refractivity contribution in [3.8, 4) is 11.5 Å². The minimum absolute atomic E-state index is 0.0836. The molecule has 0 saturated heterocycles. The monoisotopic (exact) mass is 344 g/mol. The number of aryl methyl sites for hydroxylation is 2. The first-order valence-electron chi connectivity index (χ1n) is 7.19. The molecule has 0 saturated carbocycles. The molecule has 0 bridgehead atoms. The van der Waals surface area contributed by atoms with Crippen LogP contribution < -0.4 is 11.1 Å². The number of carbonyl (C=O) groups excluding carboxylic acids is 2. The number of oxazole rings is 1. The average Bonchev–Trinajstić information content (AvgIpc) is 3.20. The van der Waals surface area contributed by atoms with Gasteiger partial charge in [-0.2, -0.15) is 11.3 Å². The van der Waals surface area contributed by atoms with E-state index in [9.17, 15) is 9.59 Å². The molecule has 0 unspecified atom stereocenters. The molecular weight excluding hydrogens is 328 g/mol. The maximum absolute atomic E-state index is 12.2. The van der Waals surface area contributed by atoms with Gasteiger partial charge >= 0.3 is 0 Å². The Bertz CT molecular complexity index is 893. The number of rotatable bonds is 5. The van der Waals surface area contributed by atoms with Crippen LogP contribution in [0.25, 0.3) is 11.5 Å². The van der Waals surface area contributed by atoms with E-state index in [0.29, 0.717) is 28.7 Å². The number of anilines is 1. The Morgan fingerprint density at radius 3 is 2.88 bits per heavy atom. The highest BCUT2D eigenvalue weighted by atomic mass is 32.1. The lowest BCUT2D eigenvalue weighted by Crippen LogP contribution is -2.15. The van der Waals surface area contributed by atoms with Crippen molar-refractivity contribution >= 4 is 28.8 Å². The van der Waals surface area contributed by atoms with Gasteiger partial charge in [-0.15, -0.1) is 0 Å². The molecule has 0 aliphatic carbocycles. The van der Waals surface area contributed by atoms with Crippen molar-refractivity contribution in [1.82, 2.24) is 9.55 Å². The number of hydrogen-bond acceptors (Lipinski definition) is 5. The number of carbonyl (C=O) groups is 2. The molecule has 0 spiro atoms. The average molecular weight is 344 g/mol. The lowest BCUT2D eigenvalue weighted by Gasteiger charge is -2.00. The summed E-state index contributed by atoms with van der Waals surface area (Å²) in [5.41, 5.74) is 7.56. The van der Waals surface area contributed by atoms with Crippen LogP contribution >= 0.6 is 11.3 Å². The Balaban J connectivity index is 1.71. The predicted octanol–water partition coefficient (Wildman–Crippen LogP) is 2.33. The molecule has 24 heavy (non-hydrogen) atoms. The van der Waals surface area contributed by atoms with Gasteiger partial charge in [-0.1, -0.05) is 0 Å². The van der Waals surface area contributed by atoms with Crippen molar-refractivity contribution in [1.29, 1.82) is 0 Å². The lowest BCUT2D eigenvalue weighted by atomic mass is 10.2. The smallest absolute Gasteiger partial charge is 0.265 e. The van der Waals surface area contributed by atoms with Gasteiger partial charge in [-0.3, -0.25) is 9.59 Å². The Morgan fingerprint density at radius 1 is 1.46 bits per heavy atom. The van der Waals surface area contributed by atoms with Crippen LogP contribution in [0.5, 0.6) is 0 Å². The van der Waals surface area contributed by atoms with Gasteiger partial charge in [0.1, 0.15) is 11.5 Å².